The summed E-state index contributed by atoms with van der Waals surface area (Å²) in [4.78, 5) is 22.7. The molecule has 0 bridgehead atoms. The highest BCUT2D eigenvalue weighted by Gasteiger charge is 2.32. The second-order valence-corrected chi connectivity index (χ2v) is 3.92. The Hall–Kier alpha value is -1.06. The SMILES string of the molecule is CCC(C)C(=O)C(C)(C)NC(=O)OC. The number of nitrogens with one attached hydrogen (secondary N) is 1. The van der Waals surface area contributed by atoms with E-state index >= 15 is 0 Å². The minimum atomic E-state index is -0.859. The zero-order valence-electron chi connectivity index (χ0n) is 9.51. The van der Waals surface area contributed by atoms with Crippen LogP contribution in [0.1, 0.15) is 34.1 Å². The van der Waals surface area contributed by atoms with Crippen LogP contribution < -0.4 is 5.32 Å². The lowest BCUT2D eigenvalue weighted by Crippen LogP contribution is -2.51. The summed E-state index contributed by atoms with van der Waals surface area (Å²) in [5.74, 6) is -0.0347. The average molecular weight is 201 g/mol. The molecule has 0 aliphatic rings. The monoisotopic (exact) mass is 201 g/mol. The highest BCUT2D eigenvalue weighted by Crippen LogP contribution is 2.14. The molecular formula is C10H19NO3. The third-order valence-electron chi connectivity index (χ3n) is 2.28. The van der Waals surface area contributed by atoms with Gasteiger partial charge in [-0.25, -0.2) is 4.79 Å². The summed E-state index contributed by atoms with van der Waals surface area (Å²) in [5.41, 5.74) is -0.859. The van der Waals surface area contributed by atoms with Crippen molar-refractivity contribution in [1.29, 1.82) is 0 Å². The lowest BCUT2D eigenvalue weighted by molar-refractivity contribution is -0.127. The van der Waals surface area contributed by atoms with E-state index in [-0.39, 0.29) is 11.7 Å². The Morgan fingerprint density at radius 3 is 2.29 bits per heavy atom. The normalized spacial score (nSPS) is 13.2. The van der Waals surface area contributed by atoms with Gasteiger partial charge in [0.1, 0.15) is 0 Å². The van der Waals surface area contributed by atoms with Crippen molar-refractivity contribution in [3.63, 3.8) is 0 Å². The van der Waals surface area contributed by atoms with Crippen LogP contribution in [-0.4, -0.2) is 24.5 Å². The van der Waals surface area contributed by atoms with Crippen LogP contribution in [0.25, 0.3) is 0 Å². The van der Waals surface area contributed by atoms with E-state index in [1.807, 2.05) is 13.8 Å². The fourth-order valence-corrected chi connectivity index (χ4v) is 1.17. The maximum atomic E-state index is 11.8. The molecule has 0 aromatic heterocycles. The number of carbonyl (C=O) groups is 2. The number of carbonyl (C=O) groups excluding carboxylic acids is 2. The van der Waals surface area contributed by atoms with Crippen molar-refractivity contribution in [2.45, 2.75) is 39.7 Å². The number of ether oxygens (including phenoxy) is 1. The van der Waals surface area contributed by atoms with Crippen molar-refractivity contribution in [1.82, 2.24) is 5.32 Å². The number of rotatable bonds is 4. The number of methoxy groups -OCH3 is 1. The van der Waals surface area contributed by atoms with Crippen molar-refractivity contribution >= 4 is 11.9 Å². The van der Waals surface area contributed by atoms with Gasteiger partial charge in [0.25, 0.3) is 0 Å². The molecule has 0 aliphatic heterocycles. The van der Waals surface area contributed by atoms with Crippen LogP contribution in [0.4, 0.5) is 4.79 Å². The van der Waals surface area contributed by atoms with Gasteiger partial charge in [-0.2, -0.15) is 0 Å². The van der Waals surface area contributed by atoms with Crippen LogP contribution in [0.5, 0.6) is 0 Å². The van der Waals surface area contributed by atoms with Gasteiger partial charge in [0.2, 0.25) is 0 Å². The van der Waals surface area contributed by atoms with E-state index in [4.69, 9.17) is 0 Å². The van der Waals surface area contributed by atoms with Gasteiger partial charge < -0.3 is 10.1 Å². The van der Waals surface area contributed by atoms with Crippen molar-refractivity contribution in [3.8, 4) is 0 Å². The Kier molecular flexibility index (Phi) is 4.60. The minimum absolute atomic E-state index is 0.0189. The van der Waals surface area contributed by atoms with Gasteiger partial charge in [-0.15, -0.1) is 0 Å². The second kappa shape index (κ2) is 4.98. The lowest BCUT2D eigenvalue weighted by atomic mass is 9.88. The van der Waals surface area contributed by atoms with Crippen molar-refractivity contribution < 1.29 is 14.3 Å². The number of hydrogen-bond acceptors (Lipinski definition) is 3. The summed E-state index contributed by atoms with van der Waals surface area (Å²) in [6.45, 7) is 7.15. The van der Waals surface area contributed by atoms with E-state index in [9.17, 15) is 9.59 Å². The first-order chi connectivity index (χ1) is 6.35. The van der Waals surface area contributed by atoms with Crippen LogP contribution >= 0.6 is 0 Å². The summed E-state index contributed by atoms with van der Waals surface area (Å²) in [5, 5.41) is 2.51. The molecule has 1 unspecified atom stereocenters. The molecular weight excluding hydrogens is 182 g/mol. The molecule has 0 rings (SSSR count). The van der Waals surface area contributed by atoms with E-state index in [1.54, 1.807) is 13.8 Å². The topological polar surface area (TPSA) is 55.4 Å². The van der Waals surface area contributed by atoms with Crippen LogP contribution in [0.2, 0.25) is 0 Å². The number of alkyl carbamates (subject to hydrolysis) is 1. The molecule has 0 spiro atoms. The summed E-state index contributed by atoms with van der Waals surface area (Å²) in [6, 6.07) is 0. The van der Waals surface area contributed by atoms with E-state index < -0.39 is 11.6 Å². The fourth-order valence-electron chi connectivity index (χ4n) is 1.17. The average Bonchev–Trinajstić information content (AvgIpc) is 2.14. The van der Waals surface area contributed by atoms with Crippen molar-refractivity contribution in [2.24, 2.45) is 5.92 Å². The molecule has 0 heterocycles. The molecule has 14 heavy (non-hydrogen) atoms. The number of hydrogen-bond donors (Lipinski definition) is 1. The molecule has 0 aliphatic carbocycles. The number of amides is 1. The summed E-state index contributed by atoms with van der Waals surface area (Å²) >= 11 is 0. The third-order valence-corrected chi connectivity index (χ3v) is 2.28. The molecule has 0 aromatic carbocycles. The van der Waals surface area contributed by atoms with Crippen LogP contribution in [-0.2, 0) is 9.53 Å². The smallest absolute Gasteiger partial charge is 0.407 e. The van der Waals surface area contributed by atoms with Gasteiger partial charge in [0.15, 0.2) is 5.78 Å². The number of Topliss-reactive ketones (excluding diaryl/α,β-unsaturated/α-hetero) is 1. The standard InChI is InChI=1S/C10H19NO3/c1-6-7(2)8(12)10(3,4)11-9(13)14-5/h7H,6H2,1-5H3,(H,11,13). The highest BCUT2D eigenvalue weighted by atomic mass is 16.5. The third kappa shape index (κ3) is 3.36. The zero-order chi connectivity index (χ0) is 11.4. The zero-order valence-corrected chi connectivity index (χ0v) is 9.51. The van der Waals surface area contributed by atoms with E-state index in [0.717, 1.165) is 6.42 Å². The quantitative estimate of drug-likeness (QED) is 0.753. The van der Waals surface area contributed by atoms with Gasteiger partial charge in [-0.1, -0.05) is 13.8 Å². The molecule has 4 heteroatoms. The number of ketones is 1. The van der Waals surface area contributed by atoms with Gasteiger partial charge in [0.05, 0.1) is 12.6 Å². The Bertz CT molecular complexity index is 223. The van der Waals surface area contributed by atoms with Crippen LogP contribution in [0.3, 0.4) is 0 Å². The summed E-state index contributed by atoms with van der Waals surface area (Å²) in [6.07, 6.45) is 0.192. The Balaban J connectivity index is 4.45. The van der Waals surface area contributed by atoms with Crippen LogP contribution in [0.15, 0.2) is 0 Å². The highest BCUT2D eigenvalue weighted by molar-refractivity contribution is 5.92. The summed E-state index contributed by atoms with van der Waals surface area (Å²) in [7, 11) is 1.28. The largest absolute Gasteiger partial charge is 0.453 e. The molecule has 82 valence electrons. The molecule has 1 atom stereocenters. The molecule has 4 nitrogen and oxygen atoms in total. The van der Waals surface area contributed by atoms with Gasteiger partial charge >= 0.3 is 6.09 Å². The Morgan fingerprint density at radius 2 is 1.93 bits per heavy atom. The maximum absolute atomic E-state index is 11.8. The van der Waals surface area contributed by atoms with E-state index in [1.165, 1.54) is 7.11 Å². The first kappa shape index (κ1) is 12.9. The fraction of sp³-hybridized carbons (Fsp3) is 0.800. The van der Waals surface area contributed by atoms with E-state index in [0.29, 0.717) is 0 Å². The predicted molar refractivity (Wildman–Crippen MR) is 54.1 cm³/mol. The summed E-state index contributed by atoms with van der Waals surface area (Å²) < 4.78 is 4.45. The van der Waals surface area contributed by atoms with Crippen molar-refractivity contribution in [3.05, 3.63) is 0 Å². The molecule has 1 amide bonds. The molecule has 0 saturated heterocycles. The molecule has 0 fully saturated rings. The van der Waals surface area contributed by atoms with Crippen molar-refractivity contribution in [2.75, 3.05) is 7.11 Å². The molecule has 0 saturated carbocycles. The maximum Gasteiger partial charge on any atom is 0.407 e. The van der Waals surface area contributed by atoms with Gasteiger partial charge in [-0.3, -0.25) is 4.79 Å². The Labute approximate surface area is 85.0 Å². The molecule has 1 N–H and O–H groups in total. The van der Waals surface area contributed by atoms with E-state index in [2.05, 4.69) is 10.1 Å². The molecule has 0 aromatic rings. The minimum Gasteiger partial charge on any atom is -0.453 e. The van der Waals surface area contributed by atoms with Crippen LogP contribution in [0, 0.1) is 5.92 Å². The predicted octanol–water partition coefficient (Wildman–Crippen LogP) is 1.74. The lowest BCUT2D eigenvalue weighted by Gasteiger charge is -2.26. The molecule has 0 radical (unpaired) electrons. The second-order valence-electron chi connectivity index (χ2n) is 3.92. The van der Waals surface area contributed by atoms with Gasteiger partial charge in [0, 0.05) is 5.92 Å². The first-order valence-corrected chi connectivity index (χ1v) is 4.75. The first-order valence-electron chi connectivity index (χ1n) is 4.75. The Morgan fingerprint density at radius 1 is 1.43 bits per heavy atom. The van der Waals surface area contributed by atoms with Gasteiger partial charge in [-0.05, 0) is 20.3 Å².